The molecule has 2 aromatic carbocycles. The molecule has 0 aliphatic rings. The molecule has 0 spiro atoms. The van der Waals surface area contributed by atoms with Gasteiger partial charge in [0.25, 0.3) is 0 Å². The fourth-order valence-electron chi connectivity index (χ4n) is 2.41. The predicted octanol–water partition coefficient (Wildman–Crippen LogP) is 4.77. The number of imidazole rings is 1. The number of hydrogen-bond donors (Lipinski definition) is 0. The van der Waals surface area contributed by atoms with Crippen molar-refractivity contribution < 1.29 is 0 Å². The molecule has 1 aromatic heterocycles. The van der Waals surface area contributed by atoms with Gasteiger partial charge in [-0.25, -0.2) is 4.98 Å². The minimum absolute atomic E-state index is 0.545. The molecule has 0 amide bonds. The third kappa shape index (κ3) is 2.41. The minimum atomic E-state index is 0.545. The van der Waals surface area contributed by atoms with Gasteiger partial charge < -0.3 is 0 Å². The van der Waals surface area contributed by atoms with Crippen LogP contribution < -0.4 is 0 Å². The van der Waals surface area contributed by atoms with Crippen LogP contribution in [-0.2, 0) is 6.42 Å². The summed E-state index contributed by atoms with van der Waals surface area (Å²) in [5.74, 6) is 1.51. The van der Waals surface area contributed by atoms with Gasteiger partial charge in [-0.1, -0.05) is 23.7 Å². The van der Waals surface area contributed by atoms with Crippen LogP contribution in [0, 0.1) is 6.92 Å². The van der Waals surface area contributed by atoms with Crippen molar-refractivity contribution >= 4 is 34.2 Å². The standard InChI is InChI=1S/C16H14Cl2N2/c1-11-3-2-4-13(9-11)20-15-10-12(18)5-6-14(15)19-16(20)7-8-17/h2-6,9-10H,7-8H2,1H3. The Morgan fingerprint density at radius 3 is 2.75 bits per heavy atom. The molecule has 102 valence electrons. The topological polar surface area (TPSA) is 17.8 Å². The summed E-state index contributed by atoms with van der Waals surface area (Å²) in [6.07, 6.45) is 0.724. The van der Waals surface area contributed by atoms with Crippen molar-refractivity contribution in [1.82, 2.24) is 9.55 Å². The average molecular weight is 305 g/mol. The quantitative estimate of drug-likeness (QED) is 0.637. The normalized spacial score (nSPS) is 11.2. The fraction of sp³-hybridized carbons (Fsp3) is 0.188. The zero-order valence-electron chi connectivity index (χ0n) is 11.1. The molecule has 4 heteroatoms. The second-order valence-electron chi connectivity index (χ2n) is 4.77. The molecule has 0 bridgehead atoms. The van der Waals surface area contributed by atoms with Gasteiger partial charge in [-0.15, -0.1) is 11.6 Å². The number of halogens is 2. The van der Waals surface area contributed by atoms with Gasteiger partial charge in [-0.3, -0.25) is 4.57 Å². The van der Waals surface area contributed by atoms with Crippen molar-refractivity contribution in [2.24, 2.45) is 0 Å². The Hall–Kier alpha value is -1.51. The third-order valence-electron chi connectivity index (χ3n) is 3.26. The van der Waals surface area contributed by atoms with Gasteiger partial charge >= 0.3 is 0 Å². The Morgan fingerprint density at radius 2 is 2.00 bits per heavy atom. The van der Waals surface area contributed by atoms with Gasteiger partial charge in [0, 0.05) is 23.0 Å². The summed E-state index contributed by atoms with van der Waals surface area (Å²) in [5, 5.41) is 0.712. The number of fused-ring (bicyclic) bond motifs is 1. The second kappa shape index (κ2) is 5.47. The van der Waals surface area contributed by atoms with Crippen molar-refractivity contribution in [3.05, 3.63) is 58.9 Å². The van der Waals surface area contributed by atoms with Gasteiger partial charge in [0.2, 0.25) is 0 Å². The molecule has 0 N–H and O–H groups in total. The number of aryl methyl sites for hydroxylation is 2. The number of hydrogen-bond acceptors (Lipinski definition) is 1. The highest BCUT2D eigenvalue weighted by Gasteiger charge is 2.12. The van der Waals surface area contributed by atoms with Crippen LogP contribution in [0.2, 0.25) is 5.02 Å². The van der Waals surface area contributed by atoms with Crippen LogP contribution in [0.3, 0.4) is 0 Å². The molecule has 0 fully saturated rings. The largest absolute Gasteiger partial charge is 0.296 e. The summed E-state index contributed by atoms with van der Waals surface area (Å²) >= 11 is 12.0. The smallest absolute Gasteiger partial charge is 0.115 e. The van der Waals surface area contributed by atoms with E-state index in [4.69, 9.17) is 23.2 Å². The van der Waals surface area contributed by atoms with E-state index in [2.05, 4.69) is 34.7 Å². The Kier molecular flexibility index (Phi) is 3.68. The first-order valence-electron chi connectivity index (χ1n) is 6.49. The maximum Gasteiger partial charge on any atom is 0.115 e. The number of benzene rings is 2. The van der Waals surface area contributed by atoms with Gasteiger partial charge in [0.1, 0.15) is 5.82 Å². The molecular formula is C16H14Cl2N2. The van der Waals surface area contributed by atoms with Gasteiger partial charge in [0.05, 0.1) is 11.0 Å². The van der Waals surface area contributed by atoms with E-state index in [9.17, 15) is 0 Å². The van der Waals surface area contributed by atoms with Crippen LogP contribution in [-0.4, -0.2) is 15.4 Å². The van der Waals surface area contributed by atoms with Crippen LogP contribution in [0.1, 0.15) is 11.4 Å². The monoisotopic (exact) mass is 304 g/mol. The summed E-state index contributed by atoms with van der Waals surface area (Å²) in [4.78, 5) is 4.67. The zero-order chi connectivity index (χ0) is 14.1. The van der Waals surface area contributed by atoms with Crippen LogP contribution in [0.25, 0.3) is 16.7 Å². The molecule has 0 radical (unpaired) electrons. The zero-order valence-corrected chi connectivity index (χ0v) is 12.6. The van der Waals surface area contributed by atoms with Gasteiger partial charge in [0.15, 0.2) is 0 Å². The van der Waals surface area contributed by atoms with Gasteiger partial charge in [-0.05, 0) is 42.8 Å². The predicted molar refractivity (Wildman–Crippen MR) is 85.2 cm³/mol. The Morgan fingerprint density at radius 1 is 1.15 bits per heavy atom. The molecule has 3 rings (SSSR count). The van der Waals surface area contributed by atoms with Gasteiger partial charge in [-0.2, -0.15) is 0 Å². The summed E-state index contributed by atoms with van der Waals surface area (Å²) in [5.41, 5.74) is 4.26. The van der Waals surface area contributed by atoms with E-state index in [0.29, 0.717) is 10.9 Å². The lowest BCUT2D eigenvalue weighted by atomic mass is 10.2. The first-order chi connectivity index (χ1) is 9.69. The summed E-state index contributed by atoms with van der Waals surface area (Å²) < 4.78 is 2.14. The lowest BCUT2D eigenvalue weighted by molar-refractivity contribution is 0.911. The molecule has 20 heavy (non-hydrogen) atoms. The molecule has 1 heterocycles. The Balaban J connectivity index is 2.30. The maximum absolute atomic E-state index is 6.13. The first kappa shape index (κ1) is 13.5. The van der Waals surface area contributed by atoms with Crippen molar-refractivity contribution in [2.75, 3.05) is 5.88 Å². The van der Waals surface area contributed by atoms with Crippen molar-refractivity contribution in [2.45, 2.75) is 13.3 Å². The highest BCUT2D eigenvalue weighted by molar-refractivity contribution is 6.31. The maximum atomic E-state index is 6.13. The Bertz CT molecular complexity index is 762. The highest BCUT2D eigenvalue weighted by atomic mass is 35.5. The fourth-order valence-corrected chi connectivity index (χ4v) is 2.74. The number of alkyl halides is 1. The molecule has 0 aliphatic heterocycles. The second-order valence-corrected chi connectivity index (χ2v) is 5.59. The number of rotatable bonds is 3. The SMILES string of the molecule is Cc1cccc(-n2c(CCCl)nc3ccc(Cl)cc32)c1. The molecule has 0 unspecified atom stereocenters. The molecule has 0 atom stereocenters. The molecule has 0 aliphatic carbocycles. The molecular weight excluding hydrogens is 291 g/mol. The molecule has 3 aromatic rings. The van der Waals surface area contributed by atoms with Crippen molar-refractivity contribution in [1.29, 1.82) is 0 Å². The van der Waals surface area contributed by atoms with E-state index in [-0.39, 0.29) is 0 Å². The van der Waals surface area contributed by atoms with E-state index < -0.39 is 0 Å². The summed E-state index contributed by atoms with van der Waals surface area (Å²) in [6.45, 7) is 2.08. The lowest BCUT2D eigenvalue weighted by Crippen LogP contribution is -2.02. The Labute approximate surface area is 128 Å². The molecule has 0 saturated carbocycles. The summed E-state index contributed by atoms with van der Waals surface area (Å²) in [6, 6.07) is 14.1. The third-order valence-corrected chi connectivity index (χ3v) is 3.69. The van der Waals surface area contributed by atoms with E-state index >= 15 is 0 Å². The van der Waals surface area contributed by atoms with E-state index in [1.165, 1.54) is 5.56 Å². The van der Waals surface area contributed by atoms with Crippen LogP contribution in [0.5, 0.6) is 0 Å². The van der Waals surface area contributed by atoms with Crippen LogP contribution in [0.4, 0.5) is 0 Å². The van der Waals surface area contributed by atoms with Crippen molar-refractivity contribution in [3.63, 3.8) is 0 Å². The average Bonchev–Trinajstić information content (AvgIpc) is 2.76. The number of aromatic nitrogens is 2. The molecule has 2 nitrogen and oxygen atoms in total. The minimum Gasteiger partial charge on any atom is -0.296 e. The van der Waals surface area contributed by atoms with Crippen LogP contribution in [0.15, 0.2) is 42.5 Å². The molecule has 0 saturated heterocycles. The van der Waals surface area contributed by atoms with E-state index in [0.717, 1.165) is 29.0 Å². The summed E-state index contributed by atoms with van der Waals surface area (Å²) in [7, 11) is 0. The van der Waals surface area contributed by atoms with Crippen LogP contribution >= 0.6 is 23.2 Å². The van der Waals surface area contributed by atoms with E-state index in [1.54, 1.807) is 0 Å². The highest BCUT2D eigenvalue weighted by Crippen LogP contribution is 2.25. The van der Waals surface area contributed by atoms with Crippen molar-refractivity contribution in [3.8, 4) is 5.69 Å². The number of nitrogens with zero attached hydrogens (tertiary/aromatic N) is 2. The first-order valence-corrected chi connectivity index (χ1v) is 7.40. The van der Waals surface area contributed by atoms with E-state index in [1.807, 2.05) is 24.3 Å². The lowest BCUT2D eigenvalue weighted by Gasteiger charge is -2.09.